The normalized spacial score (nSPS) is 11.0. The molecule has 0 spiro atoms. The molecule has 1 heterocycles. The molecule has 0 aliphatic carbocycles. The van der Waals surface area contributed by atoms with Gasteiger partial charge in [-0.05, 0) is 44.9 Å². The average Bonchev–Trinajstić information content (AvgIpc) is 2.38. The van der Waals surface area contributed by atoms with Gasteiger partial charge >= 0.3 is 0 Å². The average molecular weight is 247 g/mol. The third-order valence-corrected chi connectivity index (χ3v) is 2.80. The van der Waals surface area contributed by atoms with Crippen LogP contribution in [-0.2, 0) is 6.54 Å². The quantitative estimate of drug-likeness (QED) is 0.752. The van der Waals surface area contributed by atoms with Crippen LogP contribution in [0.25, 0.3) is 0 Å². The molecule has 0 amide bonds. The number of nitrogens with one attached hydrogen (secondary N) is 1. The number of methoxy groups -OCH3 is 1. The summed E-state index contributed by atoms with van der Waals surface area (Å²) in [5, 5.41) is 12.3. The zero-order valence-electron chi connectivity index (χ0n) is 11.4. The maximum absolute atomic E-state index is 8.90. The molecule has 1 aromatic rings. The van der Waals surface area contributed by atoms with Gasteiger partial charge in [0.1, 0.15) is 0 Å². The van der Waals surface area contributed by atoms with Crippen LogP contribution in [-0.4, -0.2) is 18.6 Å². The third kappa shape index (κ3) is 5.15. The fraction of sp³-hybridized carbons (Fsp3) is 0.571. The predicted octanol–water partition coefficient (Wildman–Crippen LogP) is 2.51. The Morgan fingerprint density at radius 3 is 2.94 bits per heavy atom. The summed E-state index contributed by atoms with van der Waals surface area (Å²) in [5.41, 5.74) is 0.933. The first-order valence-corrected chi connectivity index (χ1v) is 6.18. The van der Waals surface area contributed by atoms with Crippen LogP contribution in [0, 0.1) is 16.7 Å². The number of ether oxygens (including phenoxy) is 1. The minimum absolute atomic E-state index is 0.221. The first-order valence-electron chi connectivity index (χ1n) is 6.18. The van der Waals surface area contributed by atoms with Crippen LogP contribution in [0.1, 0.15) is 32.3 Å². The van der Waals surface area contributed by atoms with Crippen LogP contribution in [0.15, 0.2) is 18.3 Å². The topological polar surface area (TPSA) is 57.9 Å². The van der Waals surface area contributed by atoms with Crippen LogP contribution >= 0.6 is 0 Å². The molecular formula is C14H21N3O. The van der Waals surface area contributed by atoms with Crippen molar-refractivity contribution in [2.45, 2.75) is 33.2 Å². The van der Waals surface area contributed by atoms with E-state index in [9.17, 15) is 0 Å². The molecule has 0 aromatic carbocycles. The fourth-order valence-electron chi connectivity index (χ4n) is 1.62. The Labute approximate surface area is 109 Å². The number of aromatic nitrogens is 1. The smallest absolute Gasteiger partial charge is 0.213 e. The summed E-state index contributed by atoms with van der Waals surface area (Å²) >= 11 is 0. The maximum atomic E-state index is 8.90. The van der Waals surface area contributed by atoms with Crippen LogP contribution < -0.4 is 10.1 Å². The molecule has 0 atom stereocenters. The molecule has 4 heteroatoms. The highest BCUT2D eigenvalue weighted by Gasteiger charge is 2.15. The summed E-state index contributed by atoms with van der Waals surface area (Å²) in [6.07, 6.45) is 3.66. The maximum Gasteiger partial charge on any atom is 0.213 e. The van der Waals surface area contributed by atoms with E-state index in [1.807, 2.05) is 26.0 Å². The molecule has 1 rings (SSSR count). The van der Waals surface area contributed by atoms with E-state index in [1.54, 1.807) is 13.3 Å². The Kier molecular flexibility index (Phi) is 5.60. The molecule has 0 unspecified atom stereocenters. The summed E-state index contributed by atoms with van der Waals surface area (Å²) < 4.78 is 5.07. The summed E-state index contributed by atoms with van der Waals surface area (Å²) in [6.45, 7) is 5.66. The van der Waals surface area contributed by atoms with Gasteiger partial charge in [-0.3, -0.25) is 0 Å². The van der Waals surface area contributed by atoms with E-state index in [0.717, 1.165) is 31.5 Å². The SMILES string of the molecule is COc1cc(CNCCCC(C)(C)C#N)ccn1. The molecule has 0 radical (unpaired) electrons. The molecule has 0 saturated heterocycles. The van der Waals surface area contributed by atoms with Crippen molar-refractivity contribution in [2.24, 2.45) is 5.41 Å². The summed E-state index contributed by atoms with van der Waals surface area (Å²) in [6, 6.07) is 6.20. The largest absolute Gasteiger partial charge is 0.481 e. The van der Waals surface area contributed by atoms with Gasteiger partial charge in [-0.1, -0.05) is 0 Å². The molecule has 0 saturated carbocycles. The first-order chi connectivity index (χ1) is 8.57. The van der Waals surface area contributed by atoms with Gasteiger partial charge in [0.05, 0.1) is 18.6 Å². The molecule has 0 fully saturated rings. The van der Waals surface area contributed by atoms with Crippen LogP contribution in [0.3, 0.4) is 0 Å². The second-order valence-corrected chi connectivity index (χ2v) is 4.98. The number of nitriles is 1. The number of nitrogens with zero attached hydrogens (tertiary/aromatic N) is 2. The lowest BCUT2D eigenvalue weighted by atomic mass is 9.90. The van der Waals surface area contributed by atoms with Crippen molar-refractivity contribution in [3.8, 4) is 11.9 Å². The monoisotopic (exact) mass is 247 g/mol. The summed E-state index contributed by atoms with van der Waals surface area (Å²) in [4.78, 5) is 4.06. The molecule has 4 nitrogen and oxygen atoms in total. The first kappa shape index (κ1) is 14.5. The second-order valence-electron chi connectivity index (χ2n) is 4.98. The Hall–Kier alpha value is -1.60. The third-order valence-electron chi connectivity index (χ3n) is 2.80. The van der Waals surface area contributed by atoms with Gasteiger partial charge in [-0.25, -0.2) is 4.98 Å². The van der Waals surface area contributed by atoms with Crippen LogP contribution in [0.4, 0.5) is 0 Å². The van der Waals surface area contributed by atoms with E-state index in [0.29, 0.717) is 5.88 Å². The standard InChI is InChI=1S/C14H21N3O/c1-14(2,11-15)6-4-7-16-10-12-5-8-17-13(9-12)18-3/h5,8-9,16H,4,6-7,10H2,1-3H3. The van der Waals surface area contributed by atoms with Crippen LogP contribution in [0.5, 0.6) is 5.88 Å². The van der Waals surface area contributed by atoms with Gasteiger partial charge in [-0.2, -0.15) is 5.26 Å². The lowest BCUT2D eigenvalue weighted by Gasteiger charge is -2.14. The number of rotatable bonds is 7. The molecule has 0 aliphatic rings. The molecule has 0 aliphatic heterocycles. The highest BCUT2D eigenvalue weighted by molar-refractivity contribution is 5.20. The Bertz CT molecular complexity index is 410. The van der Waals surface area contributed by atoms with Crippen molar-refractivity contribution in [1.82, 2.24) is 10.3 Å². The number of hydrogen-bond donors (Lipinski definition) is 1. The molecule has 1 aromatic heterocycles. The van der Waals surface area contributed by atoms with Crippen molar-refractivity contribution in [2.75, 3.05) is 13.7 Å². The van der Waals surface area contributed by atoms with E-state index in [2.05, 4.69) is 16.4 Å². The Morgan fingerprint density at radius 2 is 2.28 bits per heavy atom. The summed E-state index contributed by atoms with van der Waals surface area (Å²) in [5.74, 6) is 0.639. The highest BCUT2D eigenvalue weighted by Crippen LogP contribution is 2.19. The Morgan fingerprint density at radius 1 is 1.50 bits per heavy atom. The van der Waals surface area contributed by atoms with Crippen molar-refractivity contribution < 1.29 is 4.74 Å². The van der Waals surface area contributed by atoms with E-state index >= 15 is 0 Å². The van der Waals surface area contributed by atoms with E-state index in [1.165, 1.54) is 0 Å². The zero-order valence-corrected chi connectivity index (χ0v) is 11.4. The minimum atomic E-state index is -0.221. The molecule has 18 heavy (non-hydrogen) atoms. The lowest BCUT2D eigenvalue weighted by molar-refractivity contribution is 0.397. The van der Waals surface area contributed by atoms with E-state index in [-0.39, 0.29) is 5.41 Å². The van der Waals surface area contributed by atoms with Gasteiger partial charge in [0.2, 0.25) is 5.88 Å². The highest BCUT2D eigenvalue weighted by atomic mass is 16.5. The van der Waals surface area contributed by atoms with Crippen molar-refractivity contribution in [3.05, 3.63) is 23.9 Å². The van der Waals surface area contributed by atoms with E-state index < -0.39 is 0 Å². The molecule has 98 valence electrons. The number of pyridine rings is 1. The zero-order chi connectivity index (χ0) is 13.4. The van der Waals surface area contributed by atoms with Gasteiger partial charge in [0.15, 0.2) is 0 Å². The second kappa shape index (κ2) is 6.97. The van der Waals surface area contributed by atoms with Crippen molar-refractivity contribution in [1.29, 1.82) is 5.26 Å². The van der Waals surface area contributed by atoms with E-state index in [4.69, 9.17) is 10.00 Å². The summed E-state index contributed by atoms with van der Waals surface area (Å²) in [7, 11) is 1.61. The van der Waals surface area contributed by atoms with Gasteiger partial charge in [0.25, 0.3) is 0 Å². The molecular weight excluding hydrogens is 226 g/mol. The van der Waals surface area contributed by atoms with Crippen LogP contribution in [0.2, 0.25) is 0 Å². The fourth-order valence-corrected chi connectivity index (χ4v) is 1.62. The minimum Gasteiger partial charge on any atom is -0.481 e. The van der Waals surface area contributed by atoms with Gasteiger partial charge in [0, 0.05) is 18.8 Å². The molecule has 1 N–H and O–H groups in total. The van der Waals surface area contributed by atoms with Crippen molar-refractivity contribution in [3.63, 3.8) is 0 Å². The lowest BCUT2D eigenvalue weighted by Crippen LogP contribution is -2.17. The number of hydrogen-bond acceptors (Lipinski definition) is 4. The van der Waals surface area contributed by atoms with Gasteiger partial charge < -0.3 is 10.1 Å². The van der Waals surface area contributed by atoms with Gasteiger partial charge in [-0.15, -0.1) is 0 Å². The predicted molar refractivity (Wildman–Crippen MR) is 71.1 cm³/mol. The molecule has 0 bridgehead atoms. The Balaban J connectivity index is 2.24. The van der Waals surface area contributed by atoms with Crippen molar-refractivity contribution >= 4 is 0 Å².